The molecule has 0 radical (unpaired) electrons. The van der Waals surface area contributed by atoms with Crippen LogP contribution in [0.2, 0.25) is 0 Å². The largest absolute Gasteiger partial charge is 0.247 e. The van der Waals surface area contributed by atoms with E-state index < -0.39 is 0 Å². The molecule has 4 aromatic heterocycles. The maximum absolute atomic E-state index is 5.47. The lowest BCUT2D eigenvalue weighted by Crippen LogP contribution is -2.21. The zero-order chi connectivity index (χ0) is 37.5. The molecule has 2 aliphatic carbocycles. The van der Waals surface area contributed by atoms with Crippen LogP contribution in [0.15, 0.2) is 146 Å². The van der Waals surface area contributed by atoms with E-state index in [9.17, 15) is 0 Å². The van der Waals surface area contributed by atoms with Crippen molar-refractivity contribution < 1.29 is 0 Å². The van der Waals surface area contributed by atoms with Crippen molar-refractivity contribution >= 4 is 83.1 Å². The summed E-state index contributed by atoms with van der Waals surface area (Å²) < 4.78 is 2.67. The molecule has 4 heteroatoms. The molecule has 0 saturated carbocycles. The van der Waals surface area contributed by atoms with Crippen molar-refractivity contribution in [2.24, 2.45) is 0 Å². The first kappa shape index (κ1) is 32.5. The topological polar surface area (TPSA) is 38.7 Å². The van der Waals surface area contributed by atoms with Crippen LogP contribution in [0.1, 0.15) is 30.4 Å². The summed E-state index contributed by atoms with van der Waals surface area (Å²) in [7, 11) is 0. The van der Waals surface area contributed by atoms with E-state index in [-0.39, 0.29) is 0 Å². The van der Waals surface area contributed by atoms with Gasteiger partial charge >= 0.3 is 0 Å². The van der Waals surface area contributed by atoms with Crippen molar-refractivity contribution in [2.75, 3.05) is 0 Å². The molecule has 2 aliphatic rings. The molecule has 10 aromatic rings. The number of fused-ring (bicyclic) bond motifs is 11. The Balaban J connectivity index is 0.986. The second-order valence-electron chi connectivity index (χ2n) is 15.3. The number of rotatable bonds is 4. The zero-order valence-electron chi connectivity index (χ0n) is 31.2. The molecule has 0 N–H and O–H groups in total. The maximum Gasteiger partial charge on any atom is 0.0972 e. The van der Waals surface area contributed by atoms with Gasteiger partial charge in [-0.05, 0) is 94.3 Å². The molecule has 6 aromatic carbocycles. The number of benzene rings is 6. The minimum absolute atomic E-state index is 0.917. The summed E-state index contributed by atoms with van der Waals surface area (Å²) >= 11 is 1.92. The molecule has 0 spiro atoms. The molecular weight excluding hydrogens is 711 g/mol. The second-order valence-corrected chi connectivity index (χ2v) is 16.3. The number of aromatic nitrogens is 3. The first-order valence-corrected chi connectivity index (χ1v) is 20.7. The molecule has 268 valence electrons. The van der Waals surface area contributed by atoms with Crippen molar-refractivity contribution in [1.82, 2.24) is 15.0 Å². The lowest BCUT2D eigenvalue weighted by atomic mass is 9.87. The van der Waals surface area contributed by atoms with Gasteiger partial charge in [0.15, 0.2) is 0 Å². The van der Waals surface area contributed by atoms with Crippen LogP contribution in [0.4, 0.5) is 0 Å². The third-order valence-electron chi connectivity index (χ3n) is 11.9. The summed E-state index contributed by atoms with van der Waals surface area (Å²) in [5.74, 6) is 0. The van der Waals surface area contributed by atoms with Gasteiger partial charge in [0.25, 0.3) is 0 Å². The summed E-state index contributed by atoms with van der Waals surface area (Å²) in [5.41, 5.74) is 14.4. The van der Waals surface area contributed by atoms with E-state index in [1.54, 1.807) is 0 Å². The Hall–Kier alpha value is -6.75. The summed E-state index contributed by atoms with van der Waals surface area (Å²) in [5, 5.41) is 8.67. The molecule has 3 nitrogen and oxygen atoms in total. The van der Waals surface area contributed by atoms with Crippen LogP contribution in [0.3, 0.4) is 0 Å². The molecule has 57 heavy (non-hydrogen) atoms. The van der Waals surface area contributed by atoms with Crippen LogP contribution < -0.4 is 9.75 Å². The summed E-state index contributed by atoms with van der Waals surface area (Å²) in [6, 6.07) is 50.2. The predicted octanol–water partition coefficient (Wildman–Crippen LogP) is 12.7. The molecular formula is C53H35N3S. The molecule has 0 fully saturated rings. The third-order valence-corrected chi connectivity index (χ3v) is 13.2. The maximum atomic E-state index is 5.47. The van der Waals surface area contributed by atoms with Crippen LogP contribution in [0.25, 0.3) is 117 Å². The molecule has 0 saturated heterocycles. The minimum atomic E-state index is 0.917. The molecule has 0 aliphatic heterocycles. The smallest absolute Gasteiger partial charge is 0.0972 e. The molecule has 4 heterocycles. The van der Waals surface area contributed by atoms with Crippen LogP contribution >= 0.6 is 11.3 Å². The second kappa shape index (κ2) is 12.9. The molecule has 0 bridgehead atoms. The lowest BCUT2D eigenvalue weighted by Gasteiger charge is -2.18. The van der Waals surface area contributed by atoms with Crippen LogP contribution in [-0.4, -0.2) is 15.0 Å². The Morgan fingerprint density at radius 3 is 1.96 bits per heavy atom. The van der Waals surface area contributed by atoms with Crippen LogP contribution in [0, 0.1) is 0 Å². The Morgan fingerprint density at radius 2 is 1.18 bits per heavy atom. The highest BCUT2D eigenvalue weighted by Gasteiger charge is 2.19. The van der Waals surface area contributed by atoms with Crippen LogP contribution in [0.5, 0.6) is 0 Å². The number of aryl methyl sites for hydroxylation is 1. The van der Waals surface area contributed by atoms with Crippen molar-refractivity contribution in [2.45, 2.75) is 25.7 Å². The Bertz CT molecular complexity index is 3450. The van der Waals surface area contributed by atoms with Crippen molar-refractivity contribution in [3.63, 3.8) is 0 Å². The van der Waals surface area contributed by atoms with Crippen molar-refractivity contribution in [3.8, 4) is 44.9 Å². The Labute approximate surface area is 333 Å². The van der Waals surface area contributed by atoms with Gasteiger partial charge in [-0.15, -0.1) is 11.3 Å². The highest BCUT2D eigenvalue weighted by molar-refractivity contribution is 7.18. The van der Waals surface area contributed by atoms with Gasteiger partial charge in [-0.3, -0.25) is 0 Å². The Morgan fingerprint density at radius 1 is 0.509 bits per heavy atom. The highest BCUT2D eigenvalue weighted by Crippen LogP contribution is 2.40. The highest BCUT2D eigenvalue weighted by atomic mass is 32.1. The molecule has 0 unspecified atom stereocenters. The van der Waals surface area contributed by atoms with E-state index in [0.717, 1.165) is 86.8 Å². The minimum Gasteiger partial charge on any atom is -0.247 e. The van der Waals surface area contributed by atoms with Gasteiger partial charge in [0.05, 0.1) is 33.6 Å². The quantitative estimate of drug-likeness (QED) is 0.168. The number of pyridine rings is 3. The average molecular weight is 746 g/mol. The predicted molar refractivity (Wildman–Crippen MR) is 242 cm³/mol. The molecule has 12 rings (SSSR count). The first-order valence-electron chi connectivity index (χ1n) is 19.9. The fourth-order valence-corrected chi connectivity index (χ4v) is 10.4. The van der Waals surface area contributed by atoms with E-state index in [0.29, 0.717) is 0 Å². The number of thiophene rings is 1. The number of hydrogen-bond donors (Lipinski definition) is 0. The van der Waals surface area contributed by atoms with Gasteiger partial charge in [0.2, 0.25) is 0 Å². The molecule has 0 amide bonds. The first-order chi connectivity index (χ1) is 28.2. The van der Waals surface area contributed by atoms with Gasteiger partial charge in [-0.1, -0.05) is 133 Å². The fraction of sp³-hybridized carbons (Fsp3) is 0.0755. The number of nitrogens with zero attached hydrogens (tertiary/aromatic N) is 3. The van der Waals surface area contributed by atoms with E-state index in [4.69, 9.17) is 15.0 Å². The number of hydrogen-bond acceptors (Lipinski definition) is 4. The van der Waals surface area contributed by atoms with Gasteiger partial charge < -0.3 is 0 Å². The summed E-state index contributed by atoms with van der Waals surface area (Å²) in [6.07, 6.45) is 13.8. The third kappa shape index (κ3) is 5.28. The van der Waals surface area contributed by atoms with Crippen LogP contribution in [-0.2, 0) is 6.42 Å². The van der Waals surface area contributed by atoms with Gasteiger partial charge in [0, 0.05) is 47.5 Å². The van der Waals surface area contributed by atoms with Gasteiger partial charge in [-0.25, -0.2) is 15.0 Å². The van der Waals surface area contributed by atoms with Crippen molar-refractivity contribution in [1.29, 1.82) is 0 Å². The standard InChI is InChI=1S/C53H35N3S/c1-2-10-32(11-3-1)45-27-24-35-22-23-36-25-28-46(55-52(36)51(35)54-45)33-18-20-34(21-19-33)50-49-42-16-8-9-17-48(42)57-53(49)44-31-38(26-29-47(44)56-50)43-30-37-12-4-5-13-39(37)40-14-6-7-15-41(40)43/h1-4,6-7,10-12,14-31H,5,8-9,13H2. The van der Waals surface area contributed by atoms with Gasteiger partial charge in [-0.2, -0.15) is 0 Å². The van der Waals surface area contributed by atoms with E-state index >= 15 is 0 Å². The monoisotopic (exact) mass is 745 g/mol. The Kier molecular flexibility index (Phi) is 7.36. The molecule has 0 atom stereocenters. The zero-order valence-corrected chi connectivity index (χ0v) is 32.0. The van der Waals surface area contributed by atoms with E-state index in [1.807, 2.05) is 17.4 Å². The summed E-state index contributed by atoms with van der Waals surface area (Å²) in [6.45, 7) is 0. The van der Waals surface area contributed by atoms with Crippen molar-refractivity contribution in [3.05, 3.63) is 166 Å². The summed E-state index contributed by atoms with van der Waals surface area (Å²) in [4.78, 5) is 15.8. The number of allylic oxidation sites excluding steroid dienone is 1. The average Bonchev–Trinajstić information content (AvgIpc) is 3.68. The van der Waals surface area contributed by atoms with E-state index in [1.165, 1.54) is 58.2 Å². The fourth-order valence-electron chi connectivity index (χ4n) is 9.11. The lowest BCUT2D eigenvalue weighted by molar-refractivity contribution is 0.997. The normalized spacial score (nSPS) is 13.5. The SMILES string of the molecule is C1=Cc2cc(-c3ccc4nc(-c5ccc(-c6ccc7ccc8ccc(-c9ccccc9)nc8c7n6)cc5)c5c6c(sc5c4c3)=CCCC=6)c3ccccc3c2CC1. The van der Waals surface area contributed by atoms with Gasteiger partial charge in [0.1, 0.15) is 0 Å². The van der Waals surface area contributed by atoms with E-state index in [2.05, 4.69) is 158 Å².